The molecule has 4 nitrogen and oxygen atoms in total. The van der Waals surface area contributed by atoms with E-state index in [1.807, 2.05) is 6.92 Å². The summed E-state index contributed by atoms with van der Waals surface area (Å²) in [5.74, 6) is 0. The molecule has 0 N–H and O–H groups in total. The molecule has 0 fully saturated rings. The van der Waals surface area contributed by atoms with Crippen LogP contribution in [0.2, 0.25) is 0 Å². The minimum Gasteiger partial charge on any atom is -0.310 e. The van der Waals surface area contributed by atoms with Crippen molar-refractivity contribution in [2.24, 2.45) is 5.16 Å². The van der Waals surface area contributed by atoms with Crippen LogP contribution in [-0.2, 0) is 4.84 Å². The number of oxime groups is 1. The van der Waals surface area contributed by atoms with Crippen LogP contribution in [0.15, 0.2) is 5.16 Å². The first-order chi connectivity index (χ1) is 4.22. The molecule has 0 heterocycles. The SMILES string of the molecule is C=NOC(=O)N(C)CC. The molecule has 52 valence electrons. The molecular formula is C5H10N2O2. The van der Waals surface area contributed by atoms with Crippen LogP contribution >= 0.6 is 0 Å². The average Bonchev–Trinajstić information content (AvgIpc) is 1.87. The maximum Gasteiger partial charge on any atom is 0.435 e. The zero-order valence-corrected chi connectivity index (χ0v) is 5.63. The first kappa shape index (κ1) is 7.94. The summed E-state index contributed by atoms with van der Waals surface area (Å²) < 4.78 is 0. The van der Waals surface area contributed by atoms with Crippen molar-refractivity contribution in [3.63, 3.8) is 0 Å². The van der Waals surface area contributed by atoms with Gasteiger partial charge in [-0.2, -0.15) is 0 Å². The van der Waals surface area contributed by atoms with Crippen LogP contribution in [0.25, 0.3) is 0 Å². The largest absolute Gasteiger partial charge is 0.435 e. The molecule has 0 saturated heterocycles. The fourth-order valence-electron chi connectivity index (χ4n) is 0.254. The van der Waals surface area contributed by atoms with Gasteiger partial charge in [-0.15, -0.1) is 0 Å². The molecular weight excluding hydrogens is 120 g/mol. The topological polar surface area (TPSA) is 41.9 Å². The molecule has 0 unspecified atom stereocenters. The molecule has 4 heteroatoms. The molecule has 0 aliphatic heterocycles. The highest BCUT2D eigenvalue weighted by atomic mass is 16.7. The Morgan fingerprint density at radius 3 is 2.78 bits per heavy atom. The molecule has 0 bridgehead atoms. The molecule has 0 radical (unpaired) electrons. The van der Waals surface area contributed by atoms with Crippen molar-refractivity contribution in [3.8, 4) is 0 Å². The van der Waals surface area contributed by atoms with Crippen molar-refractivity contribution in [2.45, 2.75) is 6.92 Å². The summed E-state index contributed by atoms with van der Waals surface area (Å²) in [6.45, 7) is 5.44. The number of rotatable bonds is 2. The van der Waals surface area contributed by atoms with Crippen molar-refractivity contribution in [1.29, 1.82) is 0 Å². The summed E-state index contributed by atoms with van der Waals surface area (Å²) >= 11 is 0. The number of nitrogens with zero attached hydrogens (tertiary/aromatic N) is 2. The Kier molecular flexibility index (Phi) is 3.43. The summed E-state index contributed by atoms with van der Waals surface area (Å²) in [6.07, 6.45) is -0.479. The number of amides is 1. The molecule has 0 aromatic rings. The van der Waals surface area contributed by atoms with E-state index in [9.17, 15) is 4.79 Å². The average molecular weight is 130 g/mol. The summed E-state index contributed by atoms with van der Waals surface area (Å²) in [7, 11) is 1.62. The summed E-state index contributed by atoms with van der Waals surface area (Å²) in [5.41, 5.74) is 0. The van der Waals surface area contributed by atoms with E-state index < -0.39 is 6.09 Å². The van der Waals surface area contributed by atoms with Crippen molar-refractivity contribution >= 4 is 12.8 Å². The van der Waals surface area contributed by atoms with Crippen molar-refractivity contribution in [3.05, 3.63) is 0 Å². The molecule has 0 saturated carbocycles. The van der Waals surface area contributed by atoms with Crippen molar-refractivity contribution in [1.82, 2.24) is 4.90 Å². The van der Waals surface area contributed by atoms with E-state index in [0.717, 1.165) is 0 Å². The van der Waals surface area contributed by atoms with Gasteiger partial charge in [-0.3, -0.25) is 4.84 Å². The quantitative estimate of drug-likeness (QED) is 0.313. The molecule has 0 atom stereocenters. The van der Waals surface area contributed by atoms with Gasteiger partial charge >= 0.3 is 6.09 Å². The normalized spacial score (nSPS) is 8.22. The van der Waals surface area contributed by atoms with Gasteiger partial charge in [-0.05, 0) is 6.92 Å². The second-order valence-electron chi connectivity index (χ2n) is 1.50. The maximum atomic E-state index is 10.5. The summed E-state index contributed by atoms with van der Waals surface area (Å²) in [4.78, 5) is 16.1. The fourth-order valence-corrected chi connectivity index (χ4v) is 0.254. The lowest BCUT2D eigenvalue weighted by atomic mass is 10.7. The van der Waals surface area contributed by atoms with Crippen LogP contribution in [0, 0.1) is 0 Å². The third-order valence-electron chi connectivity index (χ3n) is 0.929. The molecule has 0 aromatic carbocycles. The van der Waals surface area contributed by atoms with Gasteiger partial charge in [0.25, 0.3) is 0 Å². The Morgan fingerprint density at radius 2 is 2.44 bits per heavy atom. The highest BCUT2D eigenvalue weighted by Crippen LogP contribution is 1.87. The van der Waals surface area contributed by atoms with Gasteiger partial charge in [-0.25, -0.2) is 4.79 Å². The van der Waals surface area contributed by atoms with Gasteiger partial charge in [0.15, 0.2) is 0 Å². The molecule has 0 rings (SSSR count). The van der Waals surface area contributed by atoms with E-state index in [4.69, 9.17) is 0 Å². The minimum atomic E-state index is -0.479. The maximum absolute atomic E-state index is 10.5. The van der Waals surface area contributed by atoms with Gasteiger partial charge in [0.2, 0.25) is 0 Å². The van der Waals surface area contributed by atoms with Gasteiger partial charge in [-0.1, -0.05) is 5.16 Å². The molecule has 0 spiro atoms. The van der Waals surface area contributed by atoms with E-state index in [0.29, 0.717) is 6.54 Å². The Bertz CT molecular complexity index is 114. The van der Waals surface area contributed by atoms with Crippen LogP contribution in [-0.4, -0.2) is 31.3 Å². The fraction of sp³-hybridized carbons (Fsp3) is 0.600. The monoisotopic (exact) mass is 130 g/mol. The lowest BCUT2D eigenvalue weighted by molar-refractivity contribution is 0.117. The van der Waals surface area contributed by atoms with Crippen LogP contribution in [0.3, 0.4) is 0 Å². The molecule has 0 aliphatic rings. The summed E-state index contributed by atoms with van der Waals surface area (Å²) in [5, 5.41) is 2.96. The molecule has 0 aliphatic carbocycles. The molecule has 1 amide bonds. The van der Waals surface area contributed by atoms with Crippen LogP contribution < -0.4 is 0 Å². The van der Waals surface area contributed by atoms with E-state index in [1.54, 1.807) is 7.05 Å². The standard InChI is InChI=1S/C5H10N2O2/c1-4-7(3)5(8)9-6-2/h2,4H2,1,3H3. The Balaban J connectivity index is 3.58. The first-order valence-corrected chi connectivity index (χ1v) is 2.60. The molecule has 9 heavy (non-hydrogen) atoms. The highest BCUT2D eigenvalue weighted by molar-refractivity contribution is 5.67. The highest BCUT2D eigenvalue weighted by Gasteiger charge is 2.04. The van der Waals surface area contributed by atoms with Crippen LogP contribution in [0.5, 0.6) is 0 Å². The van der Waals surface area contributed by atoms with E-state index in [2.05, 4.69) is 16.7 Å². The van der Waals surface area contributed by atoms with E-state index in [1.165, 1.54) is 4.90 Å². The van der Waals surface area contributed by atoms with Crippen molar-refractivity contribution in [2.75, 3.05) is 13.6 Å². The number of hydrogen-bond acceptors (Lipinski definition) is 3. The van der Waals surface area contributed by atoms with Crippen LogP contribution in [0.1, 0.15) is 6.92 Å². The number of carbonyl (C=O) groups is 1. The Morgan fingerprint density at radius 1 is 1.89 bits per heavy atom. The first-order valence-electron chi connectivity index (χ1n) is 2.60. The Hall–Kier alpha value is -1.06. The third kappa shape index (κ3) is 2.69. The van der Waals surface area contributed by atoms with Gasteiger partial charge in [0.05, 0.1) is 0 Å². The second-order valence-corrected chi connectivity index (χ2v) is 1.50. The van der Waals surface area contributed by atoms with Gasteiger partial charge in [0, 0.05) is 20.3 Å². The molecule has 0 aromatic heterocycles. The van der Waals surface area contributed by atoms with E-state index >= 15 is 0 Å². The third-order valence-corrected chi connectivity index (χ3v) is 0.929. The smallest absolute Gasteiger partial charge is 0.310 e. The minimum absolute atomic E-state index is 0.479. The predicted octanol–water partition coefficient (Wildman–Crippen LogP) is 0.690. The zero-order valence-electron chi connectivity index (χ0n) is 5.63. The lowest BCUT2D eigenvalue weighted by Crippen LogP contribution is -2.25. The lowest BCUT2D eigenvalue weighted by Gasteiger charge is -2.09. The van der Waals surface area contributed by atoms with Gasteiger partial charge < -0.3 is 4.90 Å². The van der Waals surface area contributed by atoms with E-state index in [-0.39, 0.29) is 0 Å². The van der Waals surface area contributed by atoms with Crippen LogP contribution in [0.4, 0.5) is 4.79 Å². The Labute approximate surface area is 54.1 Å². The number of carbonyl (C=O) groups excluding carboxylic acids is 1. The number of hydrogen-bond donors (Lipinski definition) is 0. The van der Waals surface area contributed by atoms with Gasteiger partial charge in [0.1, 0.15) is 0 Å². The zero-order chi connectivity index (χ0) is 7.28. The second kappa shape index (κ2) is 3.88. The van der Waals surface area contributed by atoms with Crippen molar-refractivity contribution < 1.29 is 9.63 Å². The predicted molar refractivity (Wildman–Crippen MR) is 34.3 cm³/mol. The summed E-state index contributed by atoms with van der Waals surface area (Å²) in [6, 6.07) is 0.